The molecule has 20 heavy (non-hydrogen) atoms. The highest BCUT2D eigenvalue weighted by atomic mass is 16.5. The predicted molar refractivity (Wildman–Crippen MR) is 72.2 cm³/mol. The summed E-state index contributed by atoms with van der Waals surface area (Å²) in [6, 6.07) is -0.426. The van der Waals surface area contributed by atoms with Gasteiger partial charge in [0.15, 0.2) is 0 Å². The summed E-state index contributed by atoms with van der Waals surface area (Å²) in [5.41, 5.74) is 4.76. The van der Waals surface area contributed by atoms with Gasteiger partial charge in [0.2, 0.25) is 0 Å². The lowest BCUT2D eigenvalue weighted by Gasteiger charge is -2.15. The molecule has 2 unspecified atom stereocenters. The number of carboxylic acid groups (broad SMARTS) is 1. The van der Waals surface area contributed by atoms with Crippen molar-refractivity contribution in [3.63, 3.8) is 0 Å². The van der Waals surface area contributed by atoms with Crippen LogP contribution in [0.15, 0.2) is 0 Å². The quantitative estimate of drug-likeness (QED) is 0.463. The van der Waals surface area contributed by atoms with Crippen molar-refractivity contribution < 1.29 is 24.2 Å². The number of hydrogen-bond acceptors (Lipinski definition) is 4. The molecule has 0 aromatic carbocycles. The van der Waals surface area contributed by atoms with Gasteiger partial charge in [-0.2, -0.15) is 0 Å². The molecule has 2 atom stereocenters. The van der Waals surface area contributed by atoms with E-state index >= 15 is 0 Å². The maximum Gasteiger partial charge on any atom is 0.404 e. The standard InChI is InChI=1S/C12H23N3O5/c1-8(10(16)17)4-3-5-9(2)15-12(19)14-6-7-20-11(13)18/h8-9H,3-7H2,1-2H3,(H2,13,18)(H,16,17)(H2,14,15,19). The zero-order chi connectivity index (χ0) is 15.5. The van der Waals surface area contributed by atoms with Crippen LogP contribution in [-0.4, -0.2) is 42.4 Å². The zero-order valence-corrected chi connectivity index (χ0v) is 11.8. The van der Waals surface area contributed by atoms with E-state index in [1.54, 1.807) is 6.92 Å². The second-order valence-corrected chi connectivity index (χ2v) is 4.64. The number of ether oxygens (including phenoxy) is 1. The number of aliphatic carboxylic acids is 1. The molecule has 0 aliphatic heterocycles. The van der Waals surface area contributed by atoms with Gasteiger partial charge < -0.3 is 26.2 Å². The molecule has 0 rings (SSSR count). The molecule has 8 heteroatoms. The Bertz CT molecular complexity index is 335. The predicted octanol–water partition coefficient (Wildman–Crippen LogP) is 0.660. The first-order valence-electron chi connectivity index (χ1n) is 6.52. The number of carbonyl (C=O) groups is 3. The van der Waals surface area contributed by atoms with Gasteiger partial charge in [-0.15, -0.1) is 0 Å². The molecule has 0 aliphatic carbocycles. The van der Waals surface area contributed by atoms with Crippen LogP contribution < -0.4 is 16.4 Å². The molecule has 0 radical (unpaired) electrons. The molecule has 0 bridgehead atoms. The third-order valence-electron chi connectivity index (χ3n) is 2.71. The number of hydrogen-bond donors (Lipinski definition) is 4. The molecule has 0 aromatic heterocycles. The summed E-state index contributed by atoms with van der Waals surface area (Å²) >= 11 is 0. The van der Waals surface area contributed by atoms with E-state index in [0.717, 1.165) is 6.42 Å². The van der Waals surface area contributed by atoms with Crippen molar-refractivity contribution in [1.82, 2.24) is 10.6 Å². The molecule has 0 aliphatic rings. The number of carbonyl (C=O) groups excluding carboxylic acids is 2. The van der Waals surface area contributed by atoms with Gasteiger partial charge in [0.1, 0.15) is 6.61 Å². The van der Waals surface area contributed by atoms with Crippen molar-refractivity contribution in [3.05, 3.63) is 0 Å². The fourth-order valence-electron chi connectivity index (χ4n) is 1.52. The Hall–Kier alpha value is -1.99. The van der Waals surface area contributed by atoms with E-state index in [4.69, 9.17) is 10.8 Å². The molecule has 8 nitrogen and oxygen atoms in total. The lowest BCUT2D eigenvalue weighted by atomic mass is 10.0. The van der Waals surface area contributed by atoms with Gasteiger partial charge >= 0.3 is 18.1 Å². The van der Waals surface area contributed by atoms with Gasteiger partial charge in [0.25, 0.3) is 0 Å². The van der Waals surface area contributed by atoms with Crippen molar-refractivity contribution >= 4 is 18.1 Å². The van der Waals surface area contributed by atoms with Crippen LogP contribution in [0.4, 0.5) is 9.59 Å². The Morgan fingerprint density at radius 1 is 1.25 bits per heavy atom. The average molecular weight is 289 g/mol. The second-order valence-electron chi connectivity index (χ2n) is 4.64. The fraction of sp³-hybridized carbons (Fsp3) is 0.750. The number of nitrogens with one attached hydrogen (secondary N) is 2. The maximum atomic E-state index is 11.4. The lowest BCUT2D eigenvalue weighted by Crippen LogP contribution is -2.42. The Balaban J connectivity index is 3.64. The van der Waals surface area contributed by atoms with Gasteiger partial charge in [-0.25, -0.2) is 9.59 Å². The summed E-state index contributed by atoms with van der Waals surface area (Å²) in [7, 11) is 0. The normalized spacial score (nSPS) is 13.1. The van der Waals surface area contributed by atoms with Crippen molar-refractivity contribution in [2.75, 3.05) is 13.2 Å². The van der Waals surface area contributed by atoms with E-state index in [2.05, 4.69) is 15.4 Å². The van der Waals surface area contributed by atoms with Gasteiger partial charge in [-0.3, -0.25) is 4.79 Å². The van der Waals surface area contributed by atoms with Gasteiger partial charge in [0.05, 0.1) is 12.5 Å². The van der Waals surface area contributed by atoms with E-state index in [0.29, 0.717) is 12.8 Å². The van der Waals surface area contributed by atoms with Crippen LogP contribution in [0.3, 0.4) is 0 Å². The van der Waals surface area contributed by atoms with Crippen molar-refractivity contribution in [2.24, 2.45) is 11.7 Å². The Morgan fingerprint density at radius 2 is 1.90 bits per heavy atom. The first-order valence-corrected chi connectivity index (χ1v) is 6.52. The Kier molecular flexibility index (Phi) is 8.89. The first kappa shape index (κ1) is 18.0. The van der Waals surface area contributed by atoms with Crippen LogP contribution in [0.2, 0.25) is 0 Å². The van der Waals surface area contributed by atoms with E-state index in [-0.39, 0.29) is 31.1 Å². The van der Waals surface area contributed by atoms with Gasteiger partial charge in [0, 0.05) is 6.04 Å². The van der Waals surface area contributed by atoms with E-state index in [1.807, 2.05) is 6.92 Å². The van der Waals surface area contributed by atoms with Crippen LogP contribution in [0.5, 0.6) is 0 Å². The maximum absolute atomic E-state index is 11.4. The topological polar surface area (TPSA) is 131 Å². The molecule has 0 aromatic rings. The third-order valence-corrected chi connectivity index (χ3v) is 2.71. The van der Waals surface area contributed by atoms with Crippen LogP contribution in [0, 0.1) is 5.92 Å². The minimum Gasteiger partial charge on any atom is -0.481 e. The van der Waals surface area contributed by atoms with Crippen molar-refractivity contribution in [3.8, 4) is 0 Å². The summed E-state index contributed by atoms with van der Waals surface area (Å²) in [4.78, 5) is 32.3. The van der Waals surface area contributed by atoms with Crippen LogP contribution in [0.1, 0.15) is 33.1 Å². The molecular formula is C12H23N3O5. The number of urea groups is 1. The Morgan fingerprint density at radius 3 is 2.45 bits per heavy atom. The highest BCUT2D eigenvalue weighted by Gasteiger charge is 2.12. The summed E-state index contributed by atoms with van der Waals surface area (Å²) < 4.78 is 4.45. The fourth-order valence-corrected chi connectivity index (χ4v) is 1.52. The monoisotopic (exact) mass is 289 g/mol. The summed E-state index contributed by atoms with van der Waals surface area (Å²) in [6.45, 7) is 3.70. The van der Waals surface area contributed by atoms with Crippen molar-refractivity contribution in [2.45, 2.75) is 39.2 Å². The SMILES string of the molecule is CC(CCCC(C)C(=O)O)NC(=O)NCCOC(N)=O. The number of amides is 3. The second kappa shape index (κ2) is 9.88. The number of carboxylic acids is 1. The molecule has 0 saturated heterocycles. The molecule has 5 N–H and O–H groups in total. The van der Waals surface area contributed by atoms with E-state index in [9.17, 15) is 14.4 Å². The van der Waals surface area contributed by atoms with Crippen LogP contribution >= 0.6 is 0 Å². The third kappa shape index (κ3) is 9.98. The summed E-state index contributed by atoms with van der Waals surface area (Å²) in [5.74, 6) is -1.18. The minimum absolute atomic E-state index is 0.0211. The summed E-state index contributed by atoms with van der Waals surface area (Å²) in [5, 5.41) is 13.9. The first-order chi connectivity index (χ1) is 9.32. The van der Waals surface area contributed by atoms with Crippen LogP contribution in [0.25, 0.3) is 0 Å². The van der Waals surface area contributed by atoms with Gasteiger partial charge in [-0.1, -0.05) is 13.3 Å². The Labute approximate surface area is 118 Å². The number of nitrogens with two attached hydrogens (primary N) is 1. The number of primary amides is 1. The number of rotatable bonds is 9. The zero-order valence-electron chi connectivity index (χ0n) is 11.8. The lowest BCUT2D eigenvalue weighted by molar-refractivity contribution is -0.141. The molecule has 0 fully saturated rings. The largest absolute Gasteiger partial charge is 0.481 e. The molecule has 0 spiro atoms. The molecule has 0 heterocycles. The molecule has 116 valence electrons. The molecule has 0 saturated carbocycles. The highest BCUT2D eigenvalue weighted by molar-refractivity contribution is 5.74. The van der Waals surface area contributed by atoms with Crippen LogP contribution in [-0.2, 0) is 9.53 Å². The minimum atomic E-state index is -0.881. The van der Waals surface area contributed by atoms with E-state index < -0.39 is 12.1 Å². The van der Waals surface area contributed by atoms with Gasteiger partial charge in [-0.05, 0) is 19.8 Å². The molecular weight excluding hydrogens is 266 g/mol. The van der Waals surface area contributed by atoms with Crippen molar-refractivity contribution in [1.29, 1.82) is 0 Å². The van der Waals surface area contributed by atoms with E-state index in [1.165, 1.54) is 0 Å². The smallest absolute Gasteiger partial charge is 0.404 e. The average Bonchev–Trinajstić information content (AvgIpc) is 2.34. The highest BCUT2D eigenvalue weighted by Crippen LogP contribution is 2.09. The summed E-state index contributed by atoms with van der Waals surface area (Å²) in [6.07, 6.45) is 1.12. The molecule has 3 amide bonds.